The first-order valence-corrected chi connectivity index (χ1v) is 9.41. The number of ether oxygens (including phenoxy) is 1. The maximum atomic E-state index is 12.0. The van der Waals surface area contributed by atoms with E-state index in [4.69, 9.17) is 4.74 Å². The number of allylic oxidation sites excluding steroid dienone is 2. The molecule has 0 bridgehead atoms. The van der Waals surface area contributed by atoms with Crippen LogP contribution >= 0.6 is 0 Å². The zero-order valence-corrected chi connectivity index (χ0v) is 15.6. The molecule has 1 aromatic rings. The average molecular weight is 379 g/mol. The van der Waals surface area contributed by atoms with Crippen molar-refractivity contribution in [2.24, 2.45) is 0 Å². The Morgan fingerprint density at radius 1 is 1.17 bits per heavy atom. The molecule has 0 fully saturated rings. The van der Waals surface area contributed by atoms with Gasteiger partial charge in [0.1, 0.15) is 0 Å². The molecule has 1 aromatic carbocycles. The molecule has 0 aliphatic rings. The summed E-state index contributed by atoms with van der Waals surface area (Å²) in [5, 5.41) is 0. The molecule has 0 aliphatic heterocycles. The summed E-state index contributed by atoms with van der Waals surface area (Å²) in [6, 6.07) is 9.81. The van der Waals surface area contributed by atoms with Crippen molar-refractivity contribution in [2.75, 3.05) is 7.11 Å². The van der Waals surface area contributed by atoms with E-state index in [1.807, 2.05) is 43.3 Å². The van der Waals surface area contributed by atoms with Gasteiger partial charge in [-0.3, -0.25) is 0 Å². The summed E-state index contributed by atoms with van der Waals surface area (Å²) in [4.78, 5) is 23.8. The molecule has 0 aliphatic carbocycles. The fourth-order valence-corrected chi connectivity index (χ4v) is 3.69. The summed E-state index contributed by atoms with van der Waals surface area (Å²) in [7, 11) is 1.39. The van der Waals surface area contributed by atoms with Crippen molar-refractivity contribution < 1.29 is 14.3 Å². The number of benzene rings is 1. The number of rotatable bonds is 10. The van der Waals surface area contributed by atoms with Crippen molar-refractivity contribution in [1.29, 1.82) is 0 Å². The molecule has 0 saturated carbocycles. The third-order valence-electron chi connectivity index (χ3n) is 3.21. The number of hydrogen-bond acceptors (Lipinski definition) is 3. The van der Waals surface area contributed by atoms with E-state index in [0.29, 0.717) is 24.8 Å². The number of esters is 1. The third kappa shape index (κ3) is 8.53. The first-order chi connectivity index (χ1) is 11.0. The van der Waals surface area contributed by atoms with Crippen molar-refractivity contribution in [3.8, 4) is 0 Å². The Balaban J connectivity index is 2.43. The van der Waals surface area contributed by atoms with Crippen molar-refractivity contribution in [2.45, 2.75) is 39.0 Å². The van der Waals surface area contributed by atoms with Gasteiger partial charge in [0.15, 0.2) is 0 Å². The van der Waals surface area contributed by atoms with Crippen LogP contribution in [0.4, 0.5) is 0 Å². The number of hydrogen-bond donors (Lipinski definition) is 0. The van der Waals surface area contributed by atoms with Gasteiger partial charge < -0.3 is 0 Å². The molecule has 4 heteroatoms. The molecule has 1 rings (SSSR count). The summed E-state index contributed by atoms with van der Waals surface area (Å²) in [6.45, 7) is 5.82. The number of carbonyl (C=O) groups excluding carboxylic acids is 2. The Morgan fingerprint density at radius 2 is 1.87 bits per heavy atom. The predicted molar refractivity (Wildman–Crippen MR) is 94.8 cm³/mol. The van der Waals surface area contributed by atoms with E-state index in [2.05, 4.69) is 6.58 Å². The van der Waals surface area contributed by atoms with Gasteiger partial charge in [0.05, 0.1) is 0 Å². The van der Waals surface area contributed by atoms with E-state index in [1.165, 1.54) is 7.11 Å². The van der Waals surface area contributed by atoms with Crippen LogP contribution in [-0.2, 0) is 14.3 Å². The second-order valence-corrected chi connectivity index (χ2v) is 7.73. The van der Waals surface area contributed by atoms with Gasteiger partial charge in [-0.05, 0) is 0 Å². The molecule has 0 radical (unpaired) electrons. The van der Waals surface area contributed by atoms with Gasteiger partial charge in [0.2, 0.25) is 0 Å². The van der Waals surface area contributed by atoms with Crippen LogP contribution in [0.25, 0.3) is 0 Å². The Morgan fingerprint density at radius 3 is 2.48 bits per heavy atom. The van der Waals surface area contributed by atoms with E-state index >= 15 is 0 Å². The Hall–Kier alpha value is -1.64. The average Bonchev–Trinajstić information content (AvgIpc) is 2.53. The molecule has 0 N–H and O–H groups in total. The van der Waals surface area contributed by atoms with Gasteiger partial charge >= 0.3 is 145 Å². The van der Waals surface area contributed by atoms with Crippen LogP contribution < -0.4 is 4.46 Å². The van der Waals surface area contributed by atoms with Crippen molar-refractivity contribution >= 4 is 30.1 Å². The molecule has 0 heterocycles. The van der Waals surface area contributed by atoms with Gasteiger partial charge in [0, 0.05) is 0 Å². The minimum atomic E-state index is -0.298. The zero-order chi connectivity index (χ0) is 17.1. The van der Waals surface area contributed by atoms with Gasteiger partial charge in [0.25, 0.3) is 0 Å². The summed E-state index contributed by atoms with van der Waals surface area (Å²) >= 11 is -0.143. The van der Waals surface area contributed by atoms with Crippen LogP contribution in [0.3, 0.4) is 0 Å². The summed E-state index contributed by atoms with van der Waals surface area (Å²) < 4.78 is 6.16. The van der Waals surface area contributed by atoms with Crippen molar-refractivity contribution in [3.05, 3.63) is 54.1 Å². The van der Waals surface area contributed by atoms with Crippen LogP contribution in [-0.4, -0.2) is 32.7 Å². The molecule has 0 saturated heterocycles. The normalized spacial score (nSPS) is 11.1. The second-order valence-electron chi connectivity index (χ2n) is 5.36. The summed E-state index contributed by atoms with van der Waals surface area (Å²) in [5.74, 6) is -0.298. The predicted octanol–water partition coefficient (Wildman–Crippen LogP) is 3.17. The Kier molecular flexibility index (Phi) is 9.27. The van der Waals surface area contributed by atoms with E-state index in [-0.39, 0.29) is 25.6 Å². The first-order valence-electron chi connectivity index (χ1n) is 7.70. The molecule has 0 spiro atoms. The van der Waals surface area contributed by atoms with Gasteiger partial charge in [-0.25, -0.2) is 0 Å². The molecule has 0 atom stereocenters. The maximum absolute atomic E-state index is 12.0. The number of methoxy groups -OCH3 is 1. The van der Waals surface area contributed by atoms with Crippen LogP contribution in [0.15, 0.2) is 54.1 Å². The van der Waals surface area contributed by atoms with Crippen LogP contribution in [0, 0.1) is 0 Å². The zero-order valence-electron chi connectivity index (χ0n) is 13.8. The first kappa shape index (κ1) is 19.4. The third-order valence-corrected chi connectivity index (χ3v) is 5.18. The molecule has 0 unspecified atom stereocenters. The SMILES string of the molecule is C=C(C)CC/C=C(/CCCC(=O)[Se]c1ccccc1)C(=O)OC. The van der Waals surface area contributed by atoms with Crippen molar-refractivity contribution in [1.82, 2.24) is 0 Å². The van der Waals surface area contributed by atoms with Crippen LogP contribution in [0.1, 0.15) is 39.0 Å². The molecule has 0 amide bonds. The van der Waals surface area contributed by atoms with Gasteiger partial charge in [-0.1, -0.05) is 0 Å². The molecule has 0 aromatic heterocycles. The number of carbonyl (C=O) groups is 2. The van der Waals surface area contributed by atoms with Gasteiger partial charge in [-0.2, -0.15) is 0 Å². The van der Waals surface area contributed by atoms with Crippen LogP contribution in [0.5, 0.6) is 0 Å². The quantitative estimate of drug-likeness (QED) is 0.271. The molecule has 23 heavy (non-hydrogen) atoms. The molecule has 3 nitrogen and oxygen atoms in total. The van der Waals surface area contributed by atoms with Crippen LogP contribution in [0.2, 0.25) is 0 Å². The van der Waals surface area contributed by atoms with E-state index in [9.17, 15) is 9.59 Å². The van der Waals surface area contributed by atoms with Crippen molar-refractivity contribution in [3.63, 3.8) is 0 Å². The van der Waals surface area contributed by atoms with Gasteiger partial charge in [-0.15, -0.1) is 0 Å². The Bertz CT molecular complexity index is 561. The summed E-state index contributed by atoms with van der Waals surface area (Å²) in [6.07, 6.45) is 5.32. The summed E-state index contributed by atoms with van der Waals surface area (Å²) in [5.41, 5.74) is 1.75. The molecular weight excluding hydrogens is 355 g/mol. The topological polar surface area (TPSA) is 43.4 Å². The fourth-order valence-electron chi connectivity index (χ4n) is 2.01. The van der Waals surface area contributed by atoms with E-state index in [1.54, 1.807) is 0 Å². The molecular formula is C19H24O3Se. The van der Waals surface area contributed by atoms with E-state index < -0.39 is 0 Å². The monoisotopic (exact) mass is 380 g/mol. The van der Waals surface area contributed by atoms with E-state index in [0.717, 1.165) is 22.9 Å². The minimum absolute atomic E-state index is 0.143. The second kappa shape index (κ2) is 11.0. The fraction of sp³-hybridized carbons (Fsp3) is 0.368. The molecule has 124 valence electrons. The Labute approximate surface area is 145 Å². The standard InChI is InChI=1S/C19H24O3Se/c1-15(2)9-7-10-16(19(21)22-3)11-8-14-18(20)23-17-12-5-4-6-13-17/h4-6,10,12-13H,1,7-9,11,14H2,2-3H3/b16-10-.